The Morgan fingerprint density at radius 3 is 2.27 bits per heavy atom. The van der Waals surface area contributed by atoms with E-state index in [0.29, 0.717) is 36.8 Å². The van der Waals surface area contributed by atoms with Crippen LogP contribution in [0.25, 0.3) is 0 Å². The minimum atomic E-state index is -0.477. The molecular formula is C16H22ClN3O2. The molecule has 6 heteroatoms. The van der Waals surface area contributed by atoms with Crippen LogP contribution in [0.3, 0.4) is 0 Å². The predicted molar refractivity (Wildman–Crippen MR) is 86.7 cm³/mol. The number of nitrogens with zero attached hydrogens (tertiary/aromatic N) is 2. The normalized spacial score (nSPS) is 16.8. The van der Waals surface area contributed by atoms with Crippen LogP contribution >= 0.6 is 11.6 Å². The third kappa shape index (κ3) is 3.78. The van der Waals surface area contributed by atoms with Gasteiger partial charge in [-0.25, -0.2) is 0 Å². The number of halogens is 1. The SMILES string of the molecule is CC(C)[C@H](N)C(=O)N1CCN(C(=O)c2cccc(Cl)c2)CC1. The van der Waals surface area contributed by atoms with Gasteiger partial charge in [0.2, 0.25) is 5.91 Å². The number of piperazine rings is 1. The maximum Gasteiger partial charge on any atom is 0.254 e. The number of hydrogen-bond acceptors (Lipinski definition) is 3. The van der Waals surface area contributed by atoms with Crippen molar-refractivity contribution < 1.29 is 9.59 Å². The summed E-state index contributed by atoms with van der Waals surface area (Å²) in [6.45, 7) is 5.93. The first-order valence-electron chi connectivity index (χ1n) is 7.49. The number of hydrogen-bond donors (Lipinski definition) is 1. The van der Waals surface area contributed by atoms with Crippen LogP contribution in [0.4, 0.5) is 0 Å². The second-order valence-electron chi connectivity index (χ2n) is 5.90. The molecule has 5 nitrogen and oxygen atoms in total. The van der Waals surface area contributed by atoms with Crippen molar-refractivity contribution in [1.82, 2.24) is 9.80 Å². The maximum atomic E-state index is 12.4. The fraction of sp³-hybridized carbons (Fsp3) is 0.500. The summed E-state index contributed by atoms with van der Waals surface area (Å²) >= 11 is 5.92. The molecule has 2 rings (SSSR count). The van der Waals surface area contributed by atoms with Crippen LogP contribution in [0.5, 0.6) is 0 Å². The molecular weight excluding hydrogens is 302 g/mol. The molecule has 1 atom stereocenters. The molecule has 1 saturated heterocycles. The Morgan fingerprint density at radius 2 is 1.73 bits per heavy atom. The largest absolute Gasteiger partial charge is 0.338 e. The van der Waals surface area contributed by atoms with Gasteiger partial charge in [0, 0.05) is 36.8 Å². The Balaban J connectivity index is 1.95. The number of benzene rings is 1. The molecule has 2 amide bonds. The molecule has 120 valence electrons. The lowest BCUT2D eigenvalue weighted by atomic mass is 10.0. The van der Waals surface area contributed by atoms with Crippen molar-refractivity contribution in [2.24, 2.45) is 11.7 Å². The lowest BCUT2D eigenvalue weighted by Crippen LogP contribution is -2.55. The second-order valence-corrected chi connectivity index (χ2v) is 6.33. The average molecular weight is 324 g/mol. The highest BCUT2D eigenvalue weighted by atomic mass is 35.5. The van der Waals surface area contributed by atoms with E-state index in [1.54, 1.807) is 34.1 Å². The van der Waals surface area contributed by atoms with Gasteiger partial charge in [-0.05, 0) is 24.1 Å². The minimum Gasteiger partial charge on any atom is -0.338 e. The molecule has 2 N–H and O–H groups in total. The molecule has 0 aromatic heterocycles. The zero-order valence-electron chi connectivity index (χ0n) is 13.0. The van der Waals surface area contributed by atoms with Crippen molar-refractivity contribution in [2.45, 2.75) is 19.9 Å². The van der Waals surface area contributed by atoms with Crippen molar-refractivity contribution >= 4 is 23.4 Å². The second kappa shape index (κ2) is 7.11. The smallest absolute Gasteiger partial charge is 0.254 e. The van der Waals surface area contributed by atoms with Gasteiger partial charge in [0.1, 0.15) is 0 Å². The van der Waals surface area contributed by atoms with Crippen molar-refractivity contribution in [1.29, 1.82) is 0 Å². The molecule has 0 radical (unpaired) electrons. The molecule has 1 aliphatic heterocycles. The molecule has 0 aliphatic carbocycles. The molecule has 1 aromatic carbocycles. The van der Waals surface area contributed by atoms with E-state index in [1.807, 2.05) is 13.8 Å². The van der Waals surface area contributed by atoms with Crippen molar-refractivity contribution in [3.63, 3.8) is 0 Å². The van der Waals surface area contributed by atoms with E-state index in [-0.39, 0.29) is 17.7 Å². The highest BCUT2D eigenvalue weighted by Crippen LogP contribution is 2.15. The highest BCUT2D eigenvalue weighted by Gasteiger charge is 2.28. The Morgan fingerprint density at radius 1 is 1.14 bits per heavy atom. The minimum absolute atomic E-state index is 0.0372. The topological polar surface area (TPSA) is 66.6 Å². The van der Waals surface area contributed by atoms with Gasteiger partial charge in [0.15, 0.2) is 0 Å². The van der Waals surface area contributed by atoms with Crippen LogP contribution in [0.2, 0.25) is 5.02 Å². The molecule has 0 saturated carbocycles. The van der Waals surface area contributed by atoms with Gasteiger partial charge in [0.25, 0.3) is 5.91 Å². The fourth-order valence-corrected chi connectivity index (χ4v) is 2.62. The first kappa shape index (κ1) is 16.8. The monoisotopic (exact) mass is 323 g/mol. The quantitative estimate of drug-likeness (QED) is 0.919. The van der Waals surface area contributed by atoms with Gasteiger partial charge in [-0.15, -0.1) is 0 Å². The zero-order chi connectivity index (χ0) is 16.3. The first-order valence-corrected chi connectivity index (χ1v) is 7.87. The molecule has 0 spiro atoms. The van der Waals surface area contributed by atoms with Gasteiger partial charge in [-0.2, -0.15) is 0 Å². The van der Waals surface area contributed by atoms with E-state index in [0.717, 1.165) is 0 Å². The lowest BCUT2D eigenvalue weighted by Gasteiger charge is -2.36. The van der Waals surface area contributed by atoms with Crippen LogP contribution in [-0.2, 0) is 4.79 Å². The van der Waals surface area contributed by atoms with Crippen LogP contribution in [0.1, 0.15) is 24.2 Å². The maximum absolute atomic E-state index is 12.4. The lowest BCUT2D eigenvalue weighted by molar-refractivity contribution is -0.135. The highest BCUT2D eigenvalue weighted by molar-refractivity contribution is 6.30. The summed E-state index contributed by atoms with van der Waals surface area (Å²) in [6, 6.07) is 6.44. The predicted octanol–water partition coefficient (Wildman–Crippen LogP) is 1.61. The van der Waals surface area contributed by atoms with Crippen LogP contribution < -0.4 is 5.73 Å². The van der Waals surface area contributed by atoms with E-state index < -0.39 is 6.04 Å². The number of nitrogens with two attached hydrogens (primary N) is 1. The van der Waals surface area contributed by atoms with E-state index >= 15 is 0 Å². The van der Waals surface area contributed by atoms with Gasteiger partial charge < -0.3 is 15.5 Å². The third-order valence-electron chi connectivity index (χ3n) is 3.95. The molecule has 0 unspecified atom stereocenters. The number of carbonyl (C=O) groups is 2. The van der Waals surface area contributed by atoms with Crippen molar-refractivity contribution in [2.75, 3.05) is 26.2 Å². The van der Waals surface area contributed by atoms with E-state index in [4.69, 9.17) is 17.3 Å². The van der Waals surface area contributed by atoms with E-state index in [9.17, 15) is 9.59 Å². The van der Waals surface area contributed by atoms with Gasteiger partial charge in [-0.3, -0.25) is 9.59 Å². The summed E-state index contributed by atoms with van der Waals surface area (Å²) in [5.74, 6) is 0.0197. The molecule has 1 fully saturated rings. The third-order valence-corrected chi connectivity index (χ3v) is 4.19. The summed E-state index contributed by atoms with van der Waals surface area (Å²) in [7, 11) is 0. The molecule has 1 aromatic rings. The Hall–Kier alpha value is -1.59. The Labute approximate surface area is 136 Å². The Kier molecular flexibility index (Phi) is 5.42. The summed E-state index contributed by atoms with van der Waals surface area (Å²) in [5, 5.41) is 0.544. The average Bonchev–Trinajstić information content (AvgIpc) is 2.52. The molecule has 0 bridgehead atoms. The summed E-state index contributed by atoms with van der Waals surface area (Å²) in [5.41, 5.74) is 6.48. The van der Waals surface area contributed by atoms with Gasteiger partial charge in [-0.1, -0.05) is 31.5 Å². The van der Waals surface area contributed by atoms with E-state index in [2.05, 4.69) is 0 Å². The molecule has 22 heavy (non-hydrogen) atoms. The van der Waals surface area contributed by atoms with Crippen LogP contribution in [-0.4, -0.2) is 53.8 Å². The zero-order valence-corrected chi connectivity index (χ0v) is 13.7. The van der Waals surface area contributed by atoms with Crippen LogP contribution in [0, 0.1) is 5.92 Å². The van der Waals surface area contributed by atoms with Gasteiger partial charge in [0.05, 0.1) is 6.04 Å². The molecule has 1 aliphatic rings. The summed E-state index contributed by atoms with van der Waals surface area (Å²) in [6.07, 6.45) is 0. The van der Waals surface area contributed by atoms with Crippen molar-refractivity contribution in [3.05, 3.63) is 34.9 Å². The number of amides is 2. The van der Waals surface area contributed by atoms with Gasteiger partial charge >= 0.3 is 0 Å². The Bertz CT molecular complexity index is 554. The molecule has 1 heterocycles. The fourth-order valence-electron chi connectivity index (χ4n) is 2.43. The summed E-state index contributed by atoms with van der Waals surface area (Å²) in [4.78, 5) is 28.1. The summed E-state index contributed by atoms with van der Waals surface area (Å²) < 4.78 is 0. The van der Waals surface area contributed by atoms with E-state index in [1.165, 1.54) is 0 Å². The first-order chi connectivity index (χ1) is 10.4. The number of carbonyl (C=O) groups excluding carboxylic acids is 2. The number of rotatable bonds is 3. The van der Waals surface area contributed by atoms with Crippen molar-refractivity contribution in [3.8, 4) is 0 Å². The standard InChI is InChI=1S/C16H22ClN3O2/c1-11(2)14(18)16(22)20-8-6-19(7-9-20)15(21)12-4-3-5-13(17)10-12/h3-5,10-11,14H,6-9,18H2,1-2H3/t14-/m0/s1. The van der Waals surface area contributed by atoms with Crippen LogP contribution in [0.15, 0.2) is 24.3 Å².